The predicted octanol–water partition coefficient (Wildman–Crippen LogP) is 5.04. The van der Waals surface area contributed by atoms with E-state index in [-0.39, 0.29) is 6.04 Å². The second-order valence-corrected chi connectivity index (χ2v) is 7.32. The van der Waals surface area contributed by atoms with Crippen LogP contribution in [0.3, 0.4) is 0 Å². The summed E-state index contributed by atoms with van der Waals surface area (Å²) in [6.07, 6.45) is 3.67. The van der Waals surface area contributed by atoms with Crippen molar-refractivity contribution in [2.75, 3.05) is 0 Å². The topological polar surface area (TPSA) is 38.9 Å². The van der Waals surface area contributed by atoms with Crippen molar-refractivity contribution in [3.8, 4) is 0 Å². The summed E-state index contributed by atoms with van der Waals surface area (Å²) < 4.78 is 2.08. The molecule has 0 aliphatic heterocycles. The molecular weight excluding hydrogens is 400 g/mol. The number of nitrogens with two attached hydrogens (primary N) is 1. The highest BCUT2D eigenvalue weighted by atomic mass is 79.9. The largest absolute Gasteiger partial charge is 0.327 e. The van der Waals surface area contributed by atoms with Crippen molar-refractivity contribution in [2.45, 2.75) is 35.7 Å². The highest BCUT2D eigenvalue weighted by Crippen LogP contribution is 2.35. The maximum Gasteiger partial charge on any atom is 0.115 e. The Balaban J connectivity index is 2.30. The Bertz CT molecular complexity index is 590. The summed E-state index contributed by atoms with van der Waals surface area (Å²) in [6, 6.07) is 10.5. The van der Waals surface area contributed by atoms with Gasteiger partial charge in [-0.2, -0.15) is 0 Å². The standard InChI is InChI=1S/C15H16Br2N2S/c1-2-12(18)8-10-5-6-11(16)9-14(10)20-15-13(17)4-3-7-19-15/h3-7,9,12H,2,8,18H2,1H3. The van der Waals surface area contributed by atoms with Gasteiger partial charge >= 0.3 is 0 Å². The Morgan fingerprint density at radius 2 is 2.10 bits per heavy atom. The molecule has 2 N–H and O–H groups in total. The summed E-state index contributed by atoms with van der Waals surface area (Å²) in [5.41, 5.74) is 7.36. The molecule has 0 amide bonds. The van der Waals surface area contributed by atoms with Gasteiger partial charge in [-0.3, -0.25) is 0 Å². The monoisotopic (exact) mass is 414 g/mol. The van der Waals surface area contributed by atoms with E-state index in [1.807, 2.05) is 18.3 Å². The predicted molar refractivity (Wildman–Crippen MR) is 92.2 cm³/mol. The fraction of sp³-hybridized carbons (Fsp3) is 0.267. The van der Waals surface area contributed by atoms with Crippen LogP contribution in [0.25, 0.3) is 0 Å². The van der Waals surface area contributed by atoms with Crippen molar-refractivity contribution in [1.82, 2.24) is 4.98 Å². The lowest BCUT2D eigenvalue weighted by Crippen LogP contribution is -2.21. The normalized spacial score (nSPS) is 12.4. The summed E-state index contributed by atoms with van der Waals surface area (Å²) in [5.74, 6) is 0. The van der Waals surface area contributed by atoms with Crippen molar-refractivity contribution in [1.29, 1.82) is 0 Å². The van der Waals surface area contributed by atoms with E-state index in [4.69, 9.17) is 5.73 Å². The molecule has 0 bridgehead atoms. The number of pyridine rings is 1. The van der Waals surface area contributed by atoms with Gasteiger partial charge in [-0.15, -0.1) is 0 Å². The molecule has 2 nitrogen and oxygen atoms in total. The minimum atomic E-state index is 0.197. The maximum atomic E-state index is 6.09. The first kappa shape index (κ1) is 16.0. The number of benzene rings is 1. The molecule has 0 aliphatic rings. The average molecular weight is 416 g/mol. The Hall–Kier alpha value is -0.360. The van der Waals surface area contributed by atoms with E-state index >= 15 is 0 Å². The van der Waals surface area contributed by atoms with Crippen LogP contribution in [0.15, 0.2) is 55.4 Å². The zero-order valence-corrected chi connectivity index (χ0v) is 15.1. The number of halogens is 2. The molecule has 1 aromatic carbocycles. The highest BCUT2D eigenvalue weighted by Gasteiger charge is 2.11. The minimum Gasteiger partial charge on any atom is -0.327 e. The molecule has 1 atom stereocenters. The quantitative estimate of drug-likeness (QED) is 0.743. The molecule has 0 saturated carbocycles. The Kier molecular flexibility index (Phi) is 6.08. The van der Waals surface area contributed by atoms with Crippen molar-refractivity contribution in [3.05, 3.63) is 51.0 Å². The molecule has 1 aromatic heterocycles. The third-order valence-electron chi connectivity index (χ3n) is 2.97. The molecule has 0 radical (unpaired) electrons. The zero-order chi connectivity index (χ0) is 14.5. The summed E-state index contributed by atoms with van der Waals surface area (Å²) in [4.78, 5) is 5.61. The van der Waals surface area contributed by atoms with E-state index < -0.39 is 0 Å². The minimum absolute atomic E-state index is 0.197. The van der Waals surface area contributed by atoms with Crippen LogP contribution in [0.2, 0.25) is 0 Å². The Labute approximate surface area is 140 Å². The second kappa shape index (κ2) is 7.59. The molecule has 2 rings (SSSR count). The van der Waals surface area contributed by atoms with E-state index in [1.165, 1.54) is 10.5 Å². The molecule has 106 valence electrons. The summed E-state index contributed by atoms with van der Waals surface area (Å²) in [6.45, 7) is 2.12. The second-order valence-electron chi connectivity index (χ2n) is 4.52. The van der Waals surface area contributed by atoms with Crippen LogP contribution in [-0.2, 0) is 6.42 Å². The lowest BCUT2D eigenvalue weighted by Gasteiger charge is -2.13. The zero-order valence-electron chi connectivity index (χ0n) is 11.1. The van der Waals surface area contributed by atoms with E-state index in [0.29, 0.717) is 0 Å². The van der Waals surface area contributed by atoms with Gasteiger partial charge in [-0.05, 0) is 58.6 Å². The number of hydrogen-bond donors (Lipinski definition) is 1. The lowest BCUT2D eigenvalue weighted by molar-refractivity contribution is 0.641. The third kappa shape index (κ3) is 4.32. The average Bonchev–Trinajstić information content (AvgIpc) is 2.44. The van der Waals surface area contributed by atoms with Gasteiger partial charge in [0.25, 0.3) is 0 Å². The number of aromatic nitrogens is 1. The number of rotatable bonds is 5. The number of nitrogens with zero attached hydrogens (tertiary/aromatic N) is 1. The van der Waals surface area contributed by atoms with Gasteiger partial charge < -0.3 is 5.73 Å². The first-order valence-corrected chi connectivity index (χ1v) is 8.82. The van der Waals surface area contributed by atoms with E-state index in [9.17, 15) is 0 Å². The Morgan fingerprint density at radius 1 is 1.30 bits per heavy atom. The molecule has 5 heteroatoms. The van der Waals surface area contributed by atoms with Gasteiger partial charge in [0.15, 0.2) is 0 Å². The smallest absolute Gasteiger partial charge is 0.115 e. The fourth-order valence-corrected chi connectivity index (χ4v) is 3.74. The van der Waals surface area contributed by atoms with Gasteiger partial charge in [-0.1, -0.05) is 40.7 Å². The number of hydrogen-bond acceptors (Lipinski definition) is 3. The third-order valence-corrected chi connectivity index (χ3v) is 5.48. The van der Waals surface area contributed by atoms with E-state index in [1.54, 1.807) is 11.8 Å². The van der Waals surface area contributed by atoms with Crippen LogP contribution < -0.4 is 5.73 Å². The molecule has 20 heavy (non-hydrogen) atoms. The molecule has 0 saturated heterocycles. The van der Waals surface area contributed by atoms with E-state index in [2.05, 4.69) is 62.0 Å². The van der Waals surface area contributed by atoms with Crippen LogP contribution in [0.5, 0.6) is 0 Å². The van der Waals surface area contributed by atoms with Gasteiger partial charge in [0, 0.05) is 21.6 Å². The molecule has 0 fully saturated rings. The Morgan fingerprint density at radius 3 is 2.80 bits per heavy atom. The van der Waals surface area contributed by atoms with Crippen molar-refractivity contribution in [3.63, 3.8) is 0 Å². The summed E-state index contributed by atoms with van der Waals surface area (Å²) in [5, 5.41) is 0.969. The molecule has 2 aromatic rings. The molecular formula is C15H16Br2N2S. The van der Waals surface area contributed by atoms with Crippen molar-refractivity contribution < 1.29 is 0 Å². The van der Waals surface area contributed by atoms with Crippen molar-refractivity contribution >= 4 is 43.6 Å². The van der Waals surface area contributed by atoms with Gasteiger partial charge in [0.2, 0.25) is 0 Å². The lowest BCUT2D eigenvalue weighted by atomic mass is 10.1. The van der Waals surface area contributed by atoms with Gasteiger partial charge in [-0.25, -0.2) is 4.98 Å². The molecule has 1 unspecified atom stereocenters. The molecule has 0 spiro atoms. The van der Waals surface area contributed by atoms with Crippen LogP contribution in [0.4, 0.5) is 0 Å². The van der Waals surface area contributed by atoms with Gasteiger partial charge in [0.05, 0.1) is 4.47 Å². The van der Waals surface area contributed by atoms with Crippen LogP contribution >= 0.6 is 43.6 Å². The van der Waals surface area contributed by atoms with Crippen LogP contribution in [0, 0.1) is 0 Å². The first-order valence-electron chi connectivity index (χ1n) is 6.42. The highest BCUT2D eigenvalue weighted by molar-refractivity contribution is 9.10. The first-order chi connectivity index (χ1) is 9.60. The SMILES string of the molecule is CCC(N)Cc1ccc(Br)cc1Sc1ncccc1Br. The molecule has 1 heterocycles. The van der Waals surface area contributed by atoms with Crippen LogP contribution in [0.1, 0.15) is 18.9 Å². The van der Waals surface area contributed by atoms with E-state index in [0.717, 1.165) is 26.8 Å². The summed E-state index contributed by atoms with van der Waals surface area (Å²) in [7, 11) is 0. The fourth-order valence-electron chi connectivity index (χ4n) is 1.77. The van der Waals surface area contributed by atoms with Crippen molar-refractivity contribution in [2.24, 2.45) is 5.73 Å². The van der Waals surface area contributed by atoms with Crippen LogP contribution in [-0.4, -0.2) is 11.0 Å². The molecule has 0 aliphatic carbocycles. The van der Waals surface area contributed by atoms with Gasteiger partial charge in [0.1, 0.15) is 5.03 Å². The maximum absolute atomic E-state index is 6.09. The summed E-state index contributed by atoms with van der Waals surface area (Å²) >= 11 is 8.74.